The van der Waals surface area contributed by atoms with Crippen LogP contribution in [0.2, 0.25) is 0 Å². The summed E-state index contributed by atoms with van der Waals surface area (Å²) < 4.78 is 1.94. The highest BCUT2D eigenvalue weighted by atomic mass is 15.4. The largest absolute Gasteiger partial charge is 0.352 e. The molecular formula is C18H22N6. The lowest BCUT2D eigenvalue weighted by Crippen LogP contribution is -2.57. The summed E-state index contributed by atoms with van der Waals surface area (Å²) in [7, 11) is 0. The monoisotopic (exact) mass is 322 g/mol. The van der Waals surface area contributed by atoms with Crippen LogP contribution in [0.25, 0.3) is 16.9 Å². The lowest BCUT2D eigenvalue weighted by molar-refractivity contribution is 0.351. The average molecular weight is 322 g/mol. The van der Waals surface area contributed by atoms with Crippen molar-refractivity contribution in [3.05, 3.63) is 42.4 Å². The van der Waals surface area contributed by atoms with Gasteiger partial charge in [0.1, 0.15) is 5.82 Å². The Kier molecular flexibility index (Phi) is 3.49. The zero-order valence-corrected chi connectivity index (χ0v) is 14.3. The number of pyridine rings is 1. The maximum atomic E-state index is 4.84. The van der Waals surface area contributed by atoms with Gasteiger partial charge in [-0.2, -0.15) is 0 Å². The van der Waals surface area contributed by atoms with E-state index in [-0.39, 0.29) is 5.54 Å². The molecule has 1 aliphatic heterocycles. The number of rotatable bonds is 2. The summed E-state index contributed by atoms with van der Waals surface area (Å²) in [4.78, 5) is 11.3. The minimum atomic E-state index is 0.0970. The molecule has 124 valence electrons. The molecule has 1 saturated heterocycles. The summed E-state index contributed by atoms with van der Waals surface area (Å²) in [5, 5.41) is 8.38. The molecule has 1 aliphatic rings. The molecule has 0 radical (unpaired) electrons. The minimum absolute atomic E-state index is 0.0970. The third-order valence-electron chi connectivity index (χ3n) is 4.52. The maximum absolute atomic E-state index is 4.84. The van der Waals surface area contributed by atoms with Crippen molar-refractivity contribution < 1.29 is 0 Å². The number of fused-ring (bicyclic) bond motifs is 1. The predicted molar refractivity (Wildman–Crippen MR) is 95.2 cm³/mol. The van der Waals surface area contributed by atoms with Crippen LogP contribution in [0, 0.1) is 6.92 Å². The van der Waals surface area contributed by atoms with Crippen LogP contribution >= 0.6 is 0 Å². The smallest absolute Gasteiger partial charge is 0.154 e. The van der Waals surface area contributed by atoms with Crippen molar-refractivity contribution in [3.8, 4) is 11.3 Å². The zero-order chi connectivity index (χ0) is 16.7. The van der Waals surface area contributed by atoms with E-state index in [2.05, 4.69) is 42.0 Å². The first-order chi connectivity index (χ1) is 11.5. The molecule has 4 rings (SSSR count). The van der Waals surface area contributed by atoms with Crippen LogP contribution in [0.15, 0.2) is 36.7 Å². The number of aromatic nitrogens is 4. The van der Waals surface area contributed by atoms with Crippen molar-refractivity contribution in [2.24, 2.45) is 0 Å². The van der Waals surface area contributed by atoms with E-state index in [9.17, 15) is 0 Å². The number of nitrogens with one attached hydrogen (secondary N) is 1. The van der Waals surface area contributed by atoms with Gasteiger partial charge in [0.15, 0.2) is 5.65 Å². The molecule has 0 bridgehead atoms. The van der Waals surface area contributed by atoms with Gasteiger partial charge in [-0.3, -0.25) is 4.98 Å². The second-order valence-corrected chi connectivity index (χ2v) is 6.98. The Morgan fingerprint density at radius 1 is 1.21 bits per heavy atom. The van der Waals surface area contributed by atoms with Crippen molar-refractivity contribution >= 4 is 11.5 Å². The van der Waals surface area contributed by atoms with Gasteiger partial charge in [-0.1, -0.05) is 0 Å². The lowest BCUT2D eigenvalue weighted by Gasteiger charge is -2.39. The summed E-state index contributed by atoms with van der Waals surface area (Å²) in [5.74, 6) is 0.996. The number of imidazole rings is 1. The molecule has 0 aromatic carbocycles. The zero-order valence-electron chi connectivity index (χ0n) is 14.3. The first kappa shape index (κ1) is 15.1. The third-order valence-corrected chi connectivity index (χ3v) is 4.52. The van der Waals surface area contributed by atoms with E-state index < -0.39 is 0 Å². The van der Waals surface area contributed by atoms with Crippen LogP contribution in [0.3, 0.4) is 0 Å². The van der Waals surface area contributed by atoms with Gasteiger partial charge >= 0.3 is 0 Å². The molecule has 24 heavy (non-hydrogen) atoms. The number of hydrogen-bond donors (Lipinski definition) is 1. The van der Waals surface area contributed by atoms with Crippen molar-refractivity contribution in [1.82, 2.24) is 24.9 Å². The summed E-state index contributed by atoms with van der Waals surface area (Å²) in [6.45, 7) is 9.37. The molecule has 0 aliphatic carbocycles. The Balaban J connectivity index is 1.75. The fraction of sp³-hybridized carbons (Fsp3) is 0.389. The number of anilines is 1. The van der Waals surface area contributed by atoms with Crippen LogP contribution in [0.4, 0.5) is 5.82 Å². The van der Waals surface area contributed by atoms with Gasteiger partial charge in [0.05, 0.1) is 11.4 Å². The molecule has 1 N–H and O–H groups in total. The van der Waals surface area contributed by atoms with E-state index in [0.29, 0.717) is 0 Å². The maximum Gasteiger partial charge on any atom is 0.154 e. The minimum Gasteiger partial charge on any atom is -0.352 e. The van der Waals surface area contributed by atoms with Crippen LogP contribution in [-0.4, -0.2) is 44.8 Å². The van der Waals surface area contributed by atoms with Gasteiger partial charge in [0.2, 0.25) is 0 Å². The molecule has 0 saturated carbocycles. The number of nitrogens with zero attached hydrogens (tertiary/aromatic N) is 5. The van der Waals surface area contributed by atoms with E-state index in [0.717, 1.165) is 48.1 Å². The summed E-state index contributed by atoms with van der Waals surface area (Å²) in [6.07, 6.45) is 3.62. The van der Waals surface area contributed by atoms with Crippen LogP contribution < -0.4 is 10.2 Å². The molecule has 0 unspecified atom stereocenters. The molecule has 3 aromatic heterocycles. The topological polar surface area (TPSA) is 58.4 Å². The van der Waals surface area contributed by atoms with Crippen molar-refractivity contribution in [2.45, 2.75) is 26.3 Å². The average Bonchev–Trinajstić information content (AvgIpc) is 2.91. The first-order valence-corrected chi connectivity index (χ1v) is 8.30. The van der Waals surface area contributed by atoms with E-state index in [4.69, 9.17) is 10.1 Å². The van der Waals surface area contributed by atoms with E-state index >= 15 is 0 Å². The quantitative estimate of drug-likeness (QED) is 0.784. The highest BCUT2D eigenvalue weighted by Gasteiger charge is 2.26. The Morgan fingerprint density at radius 3 is 2.83 bits per heavy atom. The highest BCUT2D eigenvalue weighted by Crippen LogP contribution is 2.24. The van der Waals surface area contributed by atoms with Crippen molar-refractivity contribution in [2.75, 3.05) is 24.5 Å². The van der Waals surface area contributed by atoms with Gasteiger partial charge in [0.25, 0.3) is 0 Å². The molecular weight excluding hydrogens is 300 g/mol. The second kappa shape index (κ2) is 5.56. The van der Waals surface area contributed by atoms with Gasteiger partial charge in [-0.25, -0.2) is 9.50 Å². The molecule has 6 heteroatoms. The predicted octanol–water partition coefficient (Wildman–Crippen LogP) is 2.29. The lowest BCUT2D eigenvalue weighted by atomic mass is 10.0. The molecule has 4 heterocycles. The van der Waals surface area contributed by atoms with E-state index in [1.54, 1.807) is 6.20 Å². The van der Waals surface area contributed by atoms with Gasteiger partial charge < -0.3 is 10.2 Å². The standard InChI is InChI=1S/C18H22N6/c1-13-17(14-5-4-8-19-11-14)21-15-6-7-16(22-24(13)15)23-10-9-20-18(2,3)12-23/h4-8,11,20H,9-10,12H2,1-3H3. The SMILES string of the molecule is Cc1c(-c2cccnc2)nc2ccc(N3CCNC(C)(C)C3)nn12. The number of piperazine rings is 1. The van der Waals surface area contributed by atoms with Gasteiger partial charge in [0, 0.05) is 43.1 Å². The van der Waals surface area contributed by atoms with Crippen molar-refractivity contribution in [1.29, 1.82) is 0 Å². The second-order valence-electron chi connectivity index (χ2n) is 6.98. The molecule has 0 amide bonds. The fourth-order valence-electron chi connectivity index (χ4n) is 3.32. The van der Waals surface area contributed by atoms with Crippen LogP contribution in [0.1, 0.15) is 19.5 Å². The highest BCUT2D eigenvalue weighted by molar-refractivity contribution is 5.65. The van der Waals surface area contributed by atoms with Crippen LogP contribution in [-0.2, 0) is 0 Å². The Labute approximate surface area is 141 Å². The Bertz CT molecular complexity index is 868. The Hall–Kier alpha value is -2.47. The Morgan fingerprint density at radius 2 is 2.08 bits per heavy atom. The first-order valence-electron chi connectivity index (χ1n) is 8.30. The summed E-state index contributed by atoms with van der Waals surface area (Å²) >= 11 is 0. The van der Waals surface area contributed by atoms with Gasteiger partial charge in [-0.05, 0) is 45.0 Å². The van der Waals surface area contributed by atoms with Gasteiger partial charge in [-0.15, -0.1) is 5.10 Å². The summed E-state index contributed by atoms with van der Waals surface area (Å²) in [6, 6.07) is 8.07. The third kappa shape index (κ3) is 2.63. The molecule has 3 aromatic rings. The molecule has 1 fully saturated rings. The fourth-order valence-corrected chi connectivity index (χ4v) is 3.32. The van der Waals surface area contributed by atoms with E-state index in [1.165, 1.54) is 0 Å². The number of aryl methyl sites for hydroxylation is 1. The summed E-state index contributed by atoms with van der Waals surface area (Å²) in [5.41, 5.74) is 3.96. The molecule has 0 spiro atoms. The van der Waals surface area contributed by atoms with Crippen molar-refractivity contribution in [3.63, 3.8) is 0 Å². The molecule has 6 nitrogen and oxygen atoms in total. The normalized spacial score (nSPS) is 17.4. The number of hydrogen-bond acceptors (Lipinski definition) is 5. The van der Waals surface area contributed by atoms with Crippen LogP contribution in [0.5, 0.6) is 0 Å². The molecule has 0 atom stereocenters. The van der Waals surface area contributed by atoms with E-state index in [1.807, 2.05) is 28.9 Å².